The molecule has 0 aliphatic carbocycles. The topological polar surface area (TPSA) is 44.8 Å². The van der Waals surface area contributed by atoms with Crippen molar-refractivity contribution in [3.63, 3.8) is 0 Å². The van der Waals surface area contributed by atoms with Crippen LogP contribution in [-0.2, 0) is 20.8 Å². The Hall–Kier alpha value is -2.17. The fraction of sp³-hybridized carbons (Fsp3) is 0.350. The van der Waals surface area contributed by atoms with Gasteiger partial charge in [-0.15, -0.1) is 0 Å². The molecule has 0 radical (unpaired) electrons. The minimum absolute atomic E-state index is 0.0314. The fourth-order valence-electron chi connectivity index (χ4n) is 2.74. The molecule has 2 aromatic carbocycles. The third kappa shape index (κ3) is 4.91. The van der Waals surface area contributed by atoms with Crippen molar-refractivity contribution in [3.8, 4) is 0 Å². The number of ether oxygens (including phenoxy) is 3. The third-order valence-corrected chi connectivity index (χ3v) is 4.02. The molecule has 1 saturated heterocycles. The zero-order valence-electron chi connectivity index (χ0n) is 13.6. The molecule has 2 atom stereocenters. The summed E-state index contributed by atoms with van der Waals surface area (Å²) in [7, 11) is 0. The molecular formula is C20H22O4. The molecule has 4 heteroatoms. The van der Waals surface area contributed by atoms with E-state index in [-0.39, 0.29) is 18.2 Å². The summed E-state index contributed by atoms with van der Waals surface area (Å²) in [5.41, 5.74) is 1.72. The summed E-state index contributed by atoms with van der Waals surface area (Å²) in [5, 5.41) is 0. The van der Waals surface area contributed by atoms with E-state index < -0.39 is 0 Å². The predicted octanol–water partition coefficient (Wildman–Crippen LogP) is 3.61. The Kier molecular flexibility index (Phi) is 5.99. The summed E-state index contributed by atoms with van der Waals surface area (Å²) in [6, 6.07) is 19.1. The van der Waals surface area contributed by atoms with Crippen molar-refractivity contribution in [2.24, 2.45) is 0 Å². The second-order valence-electron chi connectivity index (χ2n) is 5.91. The molecule has 1 aliphatic rings. The second-order valence-corrected chi connectivity index (χ2v) is 5.91. The maximum atomic E-state index is 12.1. The van der Waals surface area contributed by atoms with Gasteiger partial charge in [-0.2, -0.15) is 0 Å². The number of carbonyl (C=O) groups excluding carboxylic acids is 1. The Morgan fingerprint density at radius 3 is 2.50 bits per heavy atom. The number of hydrogen-bond acceptors (Lipinski definition) is 4. The SMILES string of the molecule is O=C(O[C@@H]1CCO[C@H](COCc2ccccc2)C1)c1ccccc1. The largest absolute Gasteiger partial charge is 0.459 e. The van der Waals surface area contributed by atoms with Crippen LogP contribution >= 0.6 is 0 Å². The molecule has 4 nitrogen and oxygen atoms in total. The zero-order valence-corrected chi connectivity index (χ0v) is 13.6. The van der Waals surface area contributed by atoms with E-state index in [9.17, 15) is 4.79 Å². The van der Waals surface area contributed by atoms with E-state index in [0.29, 0.717) is 31.8 Å². The molecule has 1 heterocycles. The average molecular weight is 326 g/mol. The molecule has 2 aromatic rings. The van der Waals surface area contributed by atoms with Crippen molar-refractivity contribution in [2.75, 3.05) is 13.2 Å². The lowest BCUT2D eigenvalue weighted by Gasteiger charge is -2.29. The van der Waals surface area contributed by atoms with Gasteiger partial charge in [0.2, 0.25) is 0 Å². The van der Waals surface area contributed by atoms with Crippen molar-refractivity contribution >= 4 is 5.97 Å². The van der Waals surface area contributed by atoms with Crippen molar-refractivity contribution in [1.82, 2.24) is 0 Å². The Bertz CT molecular complexity index is 627. The van der Waals surface area contributed by atoms with Crippen LogP contribution in [0.25, 0.3) is 0 Å². The Labute approximate surface area is 142 Å². The van der Waals surface area contributed by atoms with Crippen molar-refractivity contribution < 1.29 is 19.0 Å². The highest BCUT2D eigenvalue weighted by Crippen LogP contribution is 2.19. The highest BCUT2D eigenvalue weighted by molar-refractivity contribution is 5.89. The molecule has 24 heavy (non-hydrogen) atoms. The summed E-state index contributed by atoms with van der Waals surface area (Å²) >= 11 is 0. The van der Waals surface area contributed by atoms with Gasteiger partial charge in [0.25, 0.3) is 0 Å². The van der Waals surface area contributed by atoms with Crippen molar-refractivity contribution in [1.29, 1.82) is 0 Å². The molecule has 0 amide bonds. The van der Waals surface area contributed by atoms with Gasteiger partial charge in [0.15, 0.2) is 0 Å². The van der Waals surface area contributed by atoms with Crippen molar-refractivity contribution in [2.45, 2.75) is 31.7 Å². The molecule has 1 fully saturated rings. The minimum Gasteiger partial charge on any atom is -0.459 e. The van der Waals surface area contributed by atoms with Crippen LogP contribution in [0.4, 0.5) is 0 Å². The van der Waals surface area contributed by atoms with Crippen LogP contribution in [-0.4, -0.2) is 31.4 Å². The Morgan fingerprint density at radius 1 is 1.04 bits per heavy atom. The quantitative estimate of drug-likeness (QED) is 0.761. The molecule has 0 N–H and O–H groups in total. The summed E-state index contributed by atoms with van der Waals surface area (Å²) < 4.78 is 17.0. The lowest BCUT2D eigenvalue weighted by atomic mass is 10.1. The Balaban J connectivity index is 1.43. The van der Waals surface area contributed by atoms with Gasteiger partial charge in [-0.25, -0.2) is 4.79 Å². The summed E-state index contributed by atoms with van der Waals surface area (Å²) in [4.78, 5) is 12.1. The molecule has 0 spiro atoms. The van der Waals surface area contributed by atoms with Crippen LogP contribution < -0.4 is 0 Å². The monoisotopic (exact) mass is 326 g/mol. The number of benzene rings is 2. The van der Waals surface area contributed by atoms with Crippen LogP contribution in [0.1, 0.15) is 28.8 Å². The molecular weight excluding hydrogens is 304 g/mol. The molecule has 0 unspecified atom stereocenters. The predicted molar refractivity (Wildman–Crippen MR) is 90.7 cm³/mol. The van der Waals surface area contributed by atoms with Gasteiger partial charge in [-0.3, -0.25) is 0 Å². The van der Waals surface area contributed by atoms with Gasteiger partial charge < -0.3 is 14.2 Å². The molecule has 1 aliphatic heterocycles. The smallest absolute Gasteiger partial charge is 0.338 e. The molecule has 3 rings (SSSR count). The fourth-order valence-corrected chi connectivity index (χ4v) is 2.74. The first-order valence-electron chi connectivity index (χ1n) is 8.30. The van der Waals surface area contributed by atoms with E-state index in [1.807, 2.05) is 48.5 Å². The third-order valence-electron chi connectivity index (χ3n) is 4.02. The highest BCUT2D eigenvalue weighted by Gasteiger charge is 2.26. The van der Waals surface area contributed by atoms with E-state index in [0.717, 1.165) is 12.0 Å². The van der Waals surface area contributed by atoms with Crippen LogP contribution in [0.5, 0.6) is 0 Å². The first-order valence-corrected chi connectivity index (χ1v) is 8.30. The summed E-state index contributed by atoms with van der Waals surface area (Å²) in [6.45, 7) is 1.66. The maximum absolute atomic E-state index is 12.1. The van der Waals surface area contributed by atoms with Crippen LogP contribution in [0, 0.1) is 0 Å². The average Bonchev–Trinajstić information content (AvgIpc) is 2.64. The van der Waals surface area contributed by atoms with E-state index >= 15 is 0 Å². The Morgan fingerprint density at radius 2 is 1.75 bits per heavy atom. The highest BCUT2D eigenvalue weighted by atomic mass is 16.6. The van der Waals surface area contributed by atoms with Gasteiger partial charge in [0.05, 0.1) is 31.5 Å². The lowest BCUT2D eigenvalue weighted by Crippen LogP contribution is -2.35. The van der Waals surface area contributed by atoms with E-state index in [4.69, 9.17) is 14.2 Å². The van der Waals surface area contributed by atoms with Crippen LogP contribution in [0.15, 0.2) is 60.7 Å². The minimum atomic E-state index is -0.272. The van der Waals surface area contributed by atoms with Gasteiger partial charge >= 0.3 is 5.97 Å². The number of carbonyl (C=O) groups is 1. The van der Waals surface area contributed by atoms with Gasteiger partial charge in [0, 0.05) is 12.8 Å². The first kappa shape index (κ1) is 16.7. The normalized spacial score (nSPS) is 20.5. The van der Waals surface area contributed by atoms with Gasteiger partial charge in [-0.05, 0) is 17.7 Å². The lowest BCUT2D eigenvalue weighted by molar-refractivity contribution is -0.0862. The van der Waals surface area contributed by atoms with Crippen LogP contribution in [0.3, 0.4) is 0 Å². The summed E-state index contributed by atoms with van der Waals surface area (Å²) in [6.07, 6.45) is 1.26. The first-order chi connectivity index (χ1) is 11.8. The van der Waals surface area contributed by atoms with Crippen LogP contribution in [0.2, 0.25) is 0 Å². The molecule has 0 aromatic heterocycles. The standard InChI is InChI=1S/C20H22O4/c21-20(17-9-5-2-6-10-17)24-18-11-12-23-19(13-18)15-22-14-16-7-3-1-4-8-16/h1-10,18-19H,11-15H2/t18-,19+/m1/s1. The number of rotatable bonds is 6. The summed E-state index contributed by atoms with van der Waals surface area (Å²) in [5.74, 6) is -0.272. The zero-order chi connectivity index (χ0) is 16.6. The van der Waals surface area contributed by atoms with Gasteiger partial charge in [0.1, 0.15) is 6.10 Å². The molecule has 0 saturated carbocycles. The number of esters is 1. The second kappa shape index (κ2) is 8.62. The molecule has 126 valence electrons. The van der Waals surface area contributed by atoms with E-state index in [1.54, 1.807) is 12.1 Å². The maximum Gasteiger partial charge on any atom is 0.338 e. The molecule has 0 bridgehead atoms. The van der Waals surface area contributed by atoms with E-state index in [1.165, 1.54) is 0 Å². The van der Waals surface area contributed by atoms with Crippen molar-refractivity contribution in [3.05, 3.63) is 71.8 Å². The van der Waals surface area contributed by atoms with E-state index in [2.05, 4.69) is 0 Å². The van der Waals surface area contributed by atoms with Gasteiger partial charge in [-0.1, -0.05) is 48.5 Å². The number of hydrogen-bond donors (Lipinski definition) is 0.